The molecule has 2 aromatic heterocycles. The Hall–Kier alpha value is -2.79. The number of hydrogen-bond donors (Lipinski definition) is 3. The van der Waals surface area contributed by atoms with Crippen LogP contribution < -0.4 is 11.1 Å². The van der Waals surface area contributed by atoms with Crippen molar-refractivity contribution in [3.63, 3.8) is 0 Å². The highest BCUT2D eigenvalue weighted by Crippen LogP contribution is 2.29. The third kappa shape index (κ3) is 4.62. The minimum absolute atomic E-state index is 0.0184. The number of carbonyl (C=O) groups is 2. The van der Waals surface area contributed by atoms with Crippen molar-refractivity contribution in [1.82, 2.24) is 24.8 Å². The van der Waals surface area contributed by atoms with Gasteiger partial charge >= 0.3 is 5.97 Å². The van der Waals surface area contributed by atoms with E-state index < -0.39 is 17.7 Å². The number of aromatic nitrogens is 3. The zero-order valence-corrected chi connectivity index (χ0v) is 17.3. The van der Waals surface area contributed by atoms with E-state index in [-0.39, 0.29) is 41.2 Å². The van der Waals surface area contributed by atoms with Crippen molar-refractivity contribution >= 4 is 23.3 Å². The zero-order chi connectivity index (χ0) is 22.1. The first-order valence-corrected chi connectivity index (χ1v) is 10.5. The minimum Gasteiger partial charge on any atom is -0.481 e. The number of ether oxygens (including phenoxy) is 1. The summed E-state index contributed by atoms with van der Waals surface area (Å²) < 4.78 is 20.9. The lowest BCUT2D eigenvalue weighted by Gasteiger charge is -2.39. The predicted molar refractivity (Wildman–Crippen MR) is 109 cm³/mol. The molecule has 168 valence electrons. The van der Waals surface area contributed by atoms with Crippen LogP contribution in [-0.2, 0) is 9.53 Å². The molecular weight excluding hydrogens is 407 g/mol. The fourth-order valence-electron chi connectivity index (χ4n) is 4.48. The van der Waals surface area contributed by atoms with Gasteiger partial charge in [-0.1, -0.05) is 0 Å². The average Bonchev–Trinajstić information content (AvgIpc) is 3.05. The van der Waals surface area contributed by atoms with Gasteiger partial charge in [0.15, 0.2) is 17.3 Å². The zero-order valence-electron chi connectivity index (χ0n) is 17.3. The number of hydrogen-bond acceptors (Lipinski definition) is 7. The molecule has 1 aliphatic carbocycles. The summed E-state index contributed by atoms with van der Waals surface area (Å²) in [6, 6.07) is -0.279. The van der Waals surface area contributed by atoms with E-state index in [2.05, 4.69) is 20.3 Å². The van der Waals surface area contributed by atoms with Crippen LogP contribution in [0.15, 0.2) is 12.4 Å². The number of piperidine rings is 1. The first-order valence-electron chi connectivity index (χ1n) is 10.5. The number of halogens is 1. The van der Waals surface area contributed by atoms with Crippen molar-refractivity contribution < 1.29 is 23.8 Å². The maximum Gasteiger partial charge on any atom is 0.306 e. The van der Waals surface area contributed by atoms with Crippen LogP contribution in [0.4, 0.5) is 10.2 Å². The molecule has 2 aliphatic rings. The number of rotatable bonds is 5. The monoisotopic (exact) mass is 434 g/mol. The second-order valence-corrected chi connectivity index (χ2v) is 8.42. The summed E-state index contributed by atoms with van der Waals surface area (Å²) >= 11 is 0. The average molecular weight is 434 g/mol. The van der Waals surface area contributed by atoms with Crippen LogP contribution in [0.5, 0.6) is 0 Å². The van der Waals surface area contributed by atoms with E-state index in [1.807, 2.05) is 7.05 Å². The number of anilines is 1. The number of likely N-dealkylation sites (N-methyl/N-ethyl adjacent to an activating group) is 1. The van der Waals surface area contributed by atoms with Crippen LogP contribution in [0.3, 0.4) is 0 Å². The molecule has 1 saturated carbocycles. The van der Waals surface area contributed by atoms with Gasteiger partial charge in [-0.2, -0.15) is 0 Å². The number of carboxylic acids is 1. The molecule has 0 bridgehead atoms. The van der Waals surface area contributed by atoms with E-state index in [9.17, 15) is 19.1 Å². The van der Waals surface area contributed by atoms with Crippen molar-refractivity contribution in [2.24, 2.45) is 5.92 Å². The highest BCUT2D eigenvalue weighted by Gasteiger charge is 2.35. The largest absolute Gasteiger partial charge is 0.481 e. The van der Waals surface area contributed by atoms with Crippen LogP contribution in [0.1, 0.15) is 42.5 Å². The predicted octanol–water partition coefficient (Wildman–Crippen LogP) is 0.913. The van der Waals surface area contributed by atoms with Crippen molar-refractivity contribution in [3.05, 3.63) is 23.8 Å². The van der Waals surface area contributed by atoms with Gasteiger partial charge in [-0.25, -0.2) is 13.9 Å². The van der Waals surface area contributed by atoms with Gasteiger partial charge in [-0.15, -0.1) is 5.10 Å². The summed E-state index contributed by atoms with van der Waals surface area (Å²) in [5, 5.41) is 16.2. The summed E-state index contributed by atoms with van der Waals surface area (Å²) in [5.74, 6) is -2.09. The lowest BCUT2D eigenvalue weighted by Crippen LogP contribution is -2.56. The summed E-state index contributed by atoms with van der Waals surface area (Å²) in [7, 11) is 1.97. The first-order chi connectivity index (χ1) is 14.8. The van der Waals surface area contributed by atoms with Gasteiger partial charge in [-0.3, -0.25) is 9.59 Å². The highest BCUT2D eigenvalue weighted by molar-refractivity contribution is 6.04. The quantitative estimate of drug-likeness (QED) is 0.632. The molecule has 10 nitrogen and oxygen atoms in total. The van der Waals surface area contributed by atoms with Crippen LogP contribution in [0.25, 0.3) is 5.65 Å². The molecule has 2 aromatic rings. The molecule has 4 N–H and O–H groups in total. The molecule has 0 spiro atoms. The minimum atomic E-state index is -0.748. The Labute approximate surface area is 178 Å². The Morgan fingerprint density at radius 3 is 2.74 bits per heavy atom. The Balaban J connectivity index is 1.46. The molecule has 2 atom stereocenters. The Morgan fingerprint density at radius 2 is 2.03 bits per heavy atom. The summed E-state index contributed by atoms with van der Waals surface area (Å²) in [4.78, 5) is 30.3. The molecule has 2 fully saturated rings. The maximum atomic E-state index is 13.4. The molecule has 31 heavy (non-hydrogen) atoms. The molecule has 0 radical (unpaired) electrons. The smallest absolute Gasteiger partial charge is 0.306 e. The molecule has 3 heterocycles. The van der Waals surface area contributed by atoms with Gasteiger partial charge < -0.3 is 25.8 Å². The topological polar surface area (TPSA) is 135 Å². The number of fused-ring (bicyclic) bond motifs is 1. The van der Waals surface area contributed by atoms with E-state index in [0.717, 1.165) is 29.9 Å². The number of amides is 1. The maximum absolute atomic E-state index is 13.4. The van der Waals surface area contributed by atoms with Crippen LogP contribution in [-0.4, -0.2) is 74.9 Å². The third-order valence-corrected chi connectivity index (χ3v) is 6.15. The van der Waals surface area contributed by atoms with Gasteiger partial charge in [0, 0.05) is 13.1 Å². The van der Waals surface area contributed by atoms with Crippen molar-refractivity contribution in [2.75, 3.05) is 25.9 Å². The van der Waals surface area contributed by atoms with Gasteiger partial charge in [0.25, 0.3) is 5.91 Å². The van der Waals surface area contributed by atoms with Crippen LogP contribution >= 0.6 is 0 Å². The fourth-order valence-corrected chi connectivity index (χ4v) is 4.48. The standard InChI is InChI=1S/C20H27FN6O4/c1-26-7-6-15(31-13-4-2-11(3-5-13)20(29)30)14(10-26)24-19(28)16-17(22)25-27-9-12(21)8-23-18(16)27/h8-9,11,13-15H,2-7,10H2,1H3,(H2,22,25)(H,24,28)(H,29,30). The second-order valence-electron chi connectivity index (χ2n) is 8.42. The lowest BCUT2D eigenvalue weighted by atomic mass is 9.87. The van der Waals surface area contributed by atoms with Gasteiger partial charge in [0.1, 0.15) is 5.56 Å². The highest BCUT2D eigenvalue weighted by atomic mass is 19.1. The molecule has 1 aliphatic heterocycles. The molecule has 4 rings (SSSR count). The third-order valence-electron chi connectivity index (χ3n) is 6.15. The SMILES string of the molecule is CN1CCC(OC2CCC(C(=O)O)CC2)C(NC(=O)c2c(N)nn3cc(F)cnc23)C1. The number of nitrogen functional groups attached to an aromatic ring is 1. The Bertz CT molecular complexity index is 974. The summed E-state index contributed by atoms with van der Waals surface area (Å²) in [5.41, 5.74) is 6.20. The normalized spacial score (nSPS) is 27.3. The molecule has 0 aromatic carbocycles. The summed E-state index contributed by atoms with van der Waals surface area (Å²) in [6.45, 7) is 1.43. The van der Waals surface area contributed by atoms with E-state index in [1.165, 1.54) is 0 Å². The molecule has 11 heteroatoms. The van der Waals surface area contributed by atoms with Crippen LogP contribution in [0, 0.1) is 11.7 Å². The number of carbonyl (C=O) groups excluding carboxylic acids is 1. The van der Waals surface area contributed by atoms with Gasteiger partial charge in [0.2, 0.25) is 0 Å². The number of nitrogens with zero attached hydrogens (tertiary/aromatic N) is 4. The van der Waals surface area contributed by atoms with E-state index in [4.69, 9.17) is 10.5 Å². The lowest BCUT2D eigenvalue weighted by molar-refractivity contribution is -0.144. The molecular formula is C20H27FN6O4. The van der Waals surface area contributed by atoms with Gasteiger partial charge in [0.05, 0.1) is 36.6 Å². The second kappa shape index (κ2) is 8.75. The Morgan fingerprint density at radius 1 is 1.29 bits per heavy atom. The molecule has 1 amide bonds. The first kappa shape index (κ1) is 21.4. The number of carboxylic acid groups (broad SMARTS) is 1. The number of nitrogens with one attached hydrogen (secondary N) is 1. The van der Waals surface area contributed by atoms with Crippen molar-refractivity contribution in [3.8, 4) is 0 Å². The molecule has 2 unspecified atom stereocenters. The van der Waals surface area contributed by atoms with E-state index in [1.54, 1.807) is 0 Å². The van der Waals surface area contributed by atoms with E-state index >= 15 is 0 Å². The molecule has 1 saturated heterocycles. The number of likely N-dealkylation sites (tertiary alicyclic amines) is 1. The number of nitrogens with two attached hydrogens (primary N) is 1. The fraction of sp³-hybridized carbons (Fsp3) is 0.600. The van der Waals surface area contributed by atoms with E-state index in [0.29, 0.717) is 32.2 Å². The van der Waals surface area contributed by atoms with Crippen molar-refractivity contribution in [2.45, 2.75) is 50.4 Å². The van der Waals surface area contributed by atoms with Crippen molar-refractivity contribution in [1.29, 1.82) is 0 Å². The van der Waals surface area contributed by atoms with Crippen LogP contribution in [0.2, 0.25) is 0 Å². The Kier molecular flexibility index (Phi) is 6.05. The summed E-state index contributed by atoms with van der Waals surface area (Å²) in [6.07, 6.45) is 5.25. The number of aliphatic carboxylic acids is 1. The van der Waals surface area contributed by atoms with Gasteiger partial charge in [-0.05, 0) is 39.2 Å².